The number of hydrogen-bond acceptors (Lipinski definition) is 2. The number of rotatable bonds is 5. The minimum atomic E-state index is 0.106. The van der Waals surface area contributed by atoms with E-state index in [-0.39, 0.29) is 11.8 Å². The van der Waals surface area contributed by atoms with E-state index in [1.54, 1.807) is 6.20 Å². The number of benzene rings is 1. The molecule has 2 fully saturated rings. The number of aryl methyl sites for hydroxylation is 1. The Morgan fingerprint density at radius 3 is 2.91 bits per heavy atom. The van der Waals surface area contributed by atoms with Gasteiger partial charge in [0, 0.05) is 36.4 Å². The molecule has 1 aromatic heterocycles. The Bertz CT molecular complexity index is 737. The van der Waals surface area contributed by atoms with Crippen LogP contribution < -0.4 is 0 Å². The van der Waals surface area contributed by atoms with Gasteiger partial charge in [0.2, 0.25) is 5.91 Å². The van der Waals surface area contributed by atoms with E-state index < -0.39 is 0 Å². The second-order valence-corrected chi connectivity index (χ2v) is 7.09. The monoisotopic (exact) mass is 329 g/mol. The highest BCUT2D eigenvalue weighted by Crippen LogP contribution is 2.50. The van der Waals surface area contributed by atoms with E-state index in [0.717, 1.165) is 30.1 Å². The van der Waals surface area contributed by atoms with Crippen LogP contribution in [-0.4, -0.2) is 26.4 Å². The summed E-state index contributed by atoms with van der Waals surface area (Å²) in [5.41, 5.74) is 1.18. The minimum Gasteiger partial charge on any atom is -0.337 e. The van der Waals surface area contributed by atoms with Crippen molar-refractivity contribution in [2.24, 2.45) is 13.0 Å². The van der Waals surface area contributed by atoms with Gasteiger partial charge in [-0.2, -0.15) is 0 Å². The first-order valence-electron chi connectivity index (χ1n) is 8.15. The van der Waals surface area contributed by atoms with Gasteiger partial charge in [0.25, 0.3) is 0 Å². The molecule has 5 heteroatoms. The van der Waals surface area contributed by atoms with E-state index in [2.05, 4.69) is 11.1 Å². The number of carbonyl (C=O) groups excluding carboxylic acids is 1. The van der Waals surface area contributed by atoms with Gasteiger partial charge in [0.1, 0.15) is 5.82 Å². The summed E-state index contributed by atoms with van der Waals surface area (Å²) in [6.45, 7) is 0.617. The Kier molecular flexibility index (Phi) is 3.64. The fourth-order valence-electron chi connectivity index (χ4n) is 3.26. The third-order valence-electron chi connectivity index (χ3n) is 4.89. The smallest absolute Gasteiger partial charge is 0.226 e. The van der Waals surface area contributed by atoms with Gasteiger partial charge in [-0.05, 0) is 42.9 Å². The molecule has 2 aliphatic rings. The molecule has 4 rings (SSSR count). The Morgan fingerprint density at radius 2 is 2.26 bits per heavy atom. The molecule has 2 aliphatic carbocycles. The van der Waals surface area contributed by atoms with Gasteiger partial charge in [-0.15, -0.1) is 0 Å². The van der Waals surface area contributed by atoms with Gasteiger partial charge < -0.3 is 9.47 Å². The average molecular weight is 330 g/mol. The van der Waals surface area contributed by atoms with Crippen molar-refractivity contribution < 1.29 is 4.79 Å². The maximum atomic E-state index is 12.9. The van der Waals surface area contributed by atoms with Crippen LogP contribution in [0.4, 0.5) is 0 Å². The first-order chi connectivity index (χ1) is 11.1. The Labute approximate surface area is 141 Å². The summed E-state index contributed by atoms with van der Waals surface area (Å²) in [5.74, 6) is 1.66. The molecule has 2 atom stereocenters. The highest BCUT2D eigenvalue weighted by atomic mass is 35.5. The Balaban J connectivity index is 1.48. The maximum Gasteiger partial charge on any atom is 0.226 e. The number of halogens is 1. The molecule has 0 spiro atoms. The molecule has 0 aliphatic heterocycles. The zero-order valence-corrected chi connectivity index (χ0v) is 13.9. The number of nitrogens with zero attached hydrogens (tertiary/aromatic N) is 3. The van der Waals surface area contributed by atoms with E-state index in [1.807, 2.05) is 40.9 Å². The van der Waals surface area contributed by atoms with Crippen molar-refractivity contribution in [2.75, 3.05) is 0 Å². The van der Waals surface area contributed by atoms with E-state index in [9.17, 15) is 4.79 Å². The molecule has 1 heterocycles. The van der Waals surface area contributed by atoms with Crippen molar-refractivity contribution in [3.05, 3.63) is 53.1 Å². The van der Waals surface area contributed by atoms with E-state index in [1.165, 1.54) is 5.56 Å². The molecule has 2 saturated carbocycles. The second-order valence-electron chi connectivity index (χ2n) is 6.66. The van der Waals surface area contributed by atoms with E-state index in [0.29, 0.717) is 18.5 Å². The van der Waals surface area contributed by atoms with Crippen LogP contribution in [-0.2, 0) is 18.4 Å². The summed E-state index contributed by atoms with van der Waals surface area (Å²) in [6.07, 6.45) is 6.88. The first-order valence-corrected chi connectivity index (χ1v) is 8.53. The fraction of sp³-hybridized carbons (Fsp3) is 0.444. The van der Waals surface area contributed by atoms with Crippen LogP contribution in [0.3, 0.4) is 0 Å². The number of hydrogen-bond donors (Lipinski definition) is 0. The quantitative estimate of drug-likeness (QED) is 0.843. The molecule has 0 radical (unpaired) electrons. The molecule has 0 unspecified atom stereocenters. The molecule has 4 nitrogen and oxygen atoms in total. The lowest BCUT2D eigenvalue weighted by atomic mass is 10.1. The van der Waals surface area contributed by atoms with Crippen molar-refractivity contribution in [3.8, 4) is 0 Å². The minimum absolute atomic E-state index is 0.106. The van der Waals surface area contributed by atoms with E-state index in [4.69, 9.17) is 11.6 Å². The Hall–Kier alpha value is -1.81. The molecule has 0 saturated heterocycles. The van der Waals surface area contributed by atoms with Crippen LogP contribution >= 0.6 is 11.6 Å². The lowest BCUT2D eigenvalue weighted by Gasteiger charge is -2.22. The van der Waals surface area contributed by atoms with Crippen LogP contribution in [0.1, 0.15) is 36.6 Å². The number of amides is 1. The molecule has 23 heavy (non-hydrogen) atoms. The van der Waals surface area contributed by atoms with Gasteiger partial charge in [-0.3, -0.25) is 4.79 Å². The SMILES string of the molecule is Cn1ccnc1CN(C(=O)[C@H]1C[C@@H]1c1cccc(Cl)c1)C1CC1. The molecule has 0 bridgehead atoms. The van der Waals surface area contributed by atoms with Crippen LogP contribution in [0, 0.1) is 5.92 Å². The Morgan fingerprint density at radius 1 is 1.43 bits per heavy atom. The van der Waals surface area contributed by atoms with Gasteiger partial charge >= 0.3 is 0 Å². The fourth-order valence-corrected chi connectivity index (χ4v) is 3.46. The van der Waals surface area contributed by atoms with Crippen molar-refractivity contribution in [3.63, 3.8) is 0 Å². The van der Waals surface area contributed by atoms with Crippen LogP contribution in [0.5, 0.6) is 0 Å². The lowest BCUT2D eigenvalue weighted by molar-refractivity contribution is -0.134. The third kappa shape index (κ3) is 3.00. The van der Waals surface area contributed by atoms with Gasteiger partial charge in [0.05, 0.1) is 6.54 Å². The summed E-state index contributed by atoms with van der Waals surface area (Å²) in [7, 11) is 1.98. The topological polar surface area (TPSA) is 38.1 Å². The van der Waals surface area contributed by atoms with Crippen LogP contribution in [0.25, 0.3) is 0 Å². The van der Waals surface area contributed by atoms with Gasteiger partial charge in [-0.1, -0.05) is 23.7 Å². The summed E-state index contributed by atoms with van der Waals surface area (Å²) in [4.78, 5) is 19.4. The summed E-state index contributed by atoms with van der Waals surface area (Å²) in [5, 5.41) is 0.743. The standard InChI is InChI=1S/C18H20ClN3O/c1-21-8-7-20-17(21)11-22(14-5-6-14)18(23)16-10-15(16)12-3-2-4-13(19)9-12/h2-4,7-9,14-16H,5-6,10-11H2,1H3/t15-,16+/m1/s1. The molecule has 0 N–H and O–H groups in total. The molecule has 120 valence electrons. The third-order valence-corrected chi connectivity index (χ3v) is 5.12. The summed E-state index contributed by atoms with van der Waals surface area (Å²) < 4.78 is 1.99. The lowest BCUT2D eigenvalue weighted by Crippen LogP contribution is -2.35. The van der Waals surface area contributed by atoms with Crippen molar-refractivity contribution in [1.82, 2.24) is 14.5 Å². The summed E-state index contributed by atoms with van der Waals surface area (Å²) >= 11 is 6.07. The zero-order chi connectivity index (χ0) is 16.0. The zero-order valence-electron chi connectivity index (χ0n) is 13.2. The van der Waals surface area contributed by atoms with E-state index >= 15 is 0 Å². The molecule has 1 amide bonds. The number of imidazole rings is 1. The first kappa shape index (κ1) is 14.8. The average Bonchev–Trinajstić information content (AvgIpc) is 3.44. The van der Waals surface area contributed by atoms with Crippen LogP contribution in [0.15, 0.2) is 36.7 Å². The number of aromatic nitrogens is 2. The highest BCUT2D eigenvalue weighted by Gasteiger charge is 2.48. The van der Waals surface area contributed by atoms with Crippen LogP contribution in [0.2, 0.25) is 5.02 Å². The van der Waals surface area contributed by atoms with Gasteiger partial charge in [-0.25, -0.2) is 4.98 Å². The predicted octanol–water partition coefficient (Wildman–Crippen LogP) is 3.37. The predicted molar refractivity (Wildman–Crippen MR) is 89.1 cm³/mol. The number of carbonyl (C=O) groups is 1. The largest absolute Gasteiger partial charge is 0.337 e. The van der Waals surface area contributed by atoms with Gasteiger partial charge in [0.15, 0.2) is 0 Å². The van der Waals surface area contributed by atoms with Crippen molar-refractivity contribution in [1.29, 1.82) is 0 Å². The molecule has 1 aromatic carbocycles. The normalized spacial score (nSPS) is 22.9. The highest BCUT2D eigenvalue weighted by molar-refractivity contribution is 6.30. The van der Waals surface area contributed by atoms with Crippen molar-refractivity contribution >= 4 is 17.5 Å². The molecular weight excluding hydrogens is 310 g/mol. The molecule has 2 aromatic rings. The molecular formula is C18H20ClN3O. The second kappa shape index (κ2) is 5.68. The van der Waals surface area contributed by atoms with Crippen molar-refractivity contribution in [2.45, 2.75) is 37.8 Å². The summed E-state index contributed by atoms with van der Waals surface area (Å²) in [6, 6.07) is 8.30. The maximum absolute atomic E-state index is 12.9.